The molecule has 0 radical (unpaired) electrons. The maximum atomic E-state index is 13.8. The van der Waals surface area contributed by atoms with E-state index in [-0.39, 0.29) is 11.2 Å². The summed E-state index contributed by atoms with van der Waals surface area (Å²) in [6.45, 7) is 1.98. The van der Waals surface area contributed by atoms with Gasteiger partial charge >= 0.3 is 12.1 Å². The molecule has 1 aliphatic carbocycles. The van der Waals surface area contributed by atoms with Crippen LogP contribution in [0, 0.1) is 0 Å². The minimum atomic E-state index is -5.73. The molecule has 6 nitrogen and oxygen atoms in total. The van der Waals surface area contributed by atoms with E-state index in [9.17, 15) is 22.0 Å². The van der Waals surface area contributed by atoms with Crippen molar-refractivity contribution in [2.45, 2.75) is 42.8 Å². The first-order valence-corrected chi connectivity index (χ1v) is 11.5. The third-order valence-corrected chi connectivity index (χ3v) is 6.56. The van der Waals surface area contributed by atoms with Crippen molar-refractivity contribution < 1.29 is 22.0 Å². The van der Waals surface area contributed by atoms with Crippen LogP contribution in [-0.2, 0) is 13.0 Å². The summed E-state index contributed by atoms with van der Waals surface area (Å²) in [7, 11) is 1.62. The average molecular weight is 494 g/mol. The summed E-state index contributed by atoms with van der Waals surface area (Å²) in [5.74, 6) is -3.96. The third-order valence-electron chi connectivity index (χ3n) is 5.65. The Kier molecular flexibility index (Phi) is 5.38. The van der Waals surface area contributed by atoms with Crippen LogP contribution >= 0.6 is 11.8 Å². The Labute approximate surface area is 195 Å². The molecule has 0 aliphatic heterocycles. The highest BCUT2D eigenvalue weighted by molar-refractivity contribution is 7.99. The number of hydrogen-bond acceptors (Lipinski definition) is 5. The first-order chi connectivity index (χ1) is 16.1. The molecule has 0 N–H and O–H groups in total. The number of imidazole rings is 1. The molecule has 0 atom stereocenters. The number of pyridine rings is 2. The van der Waals surface area contributed by atoms with Crippen LogP contribution in [0.15, 0.2) is 41.8 Å². The monoisotopic (exact) mass is 494 g/mol. The lowest BCUT2D eigenvalue weighted by atomic mass is 10.1. The Morgan fingerprint density at radius 1 is 1.03 bits per heavy atom. The number of hydrogen-bond donors (Lipinski definition) is 0. The van der Waals surface area contributed by atoms with Crippen LogP contribution in [-0.4, -0.2) is 41.2 Å². The van der Waals surface area contributed by atoms with E-state index in [1.54, 1.807) is 19.4 Å². The third kappa shape index (κ3) is 3.83. The zero-order valence-corrected chi connectivity index (χ0v) is 19.0. The van der Waals surface area contributed by atoms with Crippen LogP contribution in [0.4, 0.5) is 22.0 Å². The van der Waals surface area contributed by atoms with Gasteiger partial charge in [-0.3, -0.25) is 9.67 Å². The predicted octanol–water partition coefficient (Wildman–Crippen LogP) is 5.99. The van der Waals surface area contributed by atoms with E-state index in [1.165, 1.54) is 16.3 Å². The summed E-state index contributed by atoms with van der Waals surface area (Å²) in [6.07, 6.45) is 2.50. The molecular formula is C22H19F5N6S. The van der Waals surface area contributed by atoms with Crippen LogP contribution in [0.25, 0.3) is 33.8 Å². The number of fused-ring (bicyclic) bond motifs is 1. The van der Waals surface area contributed by atoms with Crippen LogP contribution < -0.4 is 0 Å². The molecule has 0 saturated heterocycles. The number of halogens is 5. The first-order valence-electron chi connectivity index (χ1n) is 10.6. The molecule has 4 heterocycles. The minimum absolute atomic E-state index is 0.0667. The maximum absolute atomic E-state index is 13.8. The molecule has 178 valence electrons. The number of aromatic nitrogens is 6. The van der Waals surface area contributed by atoms with E-state index in [4.69, 9.17) is 0 Å². The molecule has 5 rings (SSSR count). The van der Waals surface area contributed by atoms with Crippen molar-refractivity contribution in [2.75, 3.05) is 5.75 Å². The van der Waals surface area contributed by atoms with Crippen molar-refractivity contribution in [1.82, 2.24) is 29.3 Å². The summed E-state index contributed by atoms with van der Waals surface area (Å²) >= 11 is 1.53. The van der Waals surface area contributed by atoms with Gasteiger partial charge in [-0.1, -0.05) is 6.92 Å². The lowest BCUT2D eigenvalue weighted by Crippen LogP contribution is -2.33. The largest absolute Gasteiger partial charge is 0.458 e. The highest BCUT2D eigenvalue weighted by Crippen LogP contribution is 2.44. The molecule has 0 unspecified atom stereocenters. The number of nitrogens with zero attached hydrogens (tertiary/aromatic N) is 6. The van der Waals surface area contributed by atoms with Crippen molar-refractivity contribution in [3.63, 3.8) is 0 Å². The van der Waals surface area contributed by atoms with Gasteiger partial charge in [0.2, 0.25) is 0 Å². The Morgan fingerprint density at radius 3 is 2.47 bits per heavy atom. The van der Waals surface area contributed by atoms with Crippen LogP contribution in [0.2, 0.25) is 0 Å². The molecule has 4 aromatic heterocycles. The summed E-state index contributed by atoms with van der Waals surface area (Å²) in [6, 6.07) is 3.14. The van der Waals surface area contributed by atoms with E-state index in [2.05, 4.69) is 20.1 Å². The van der Waals surface area contributed by atoms with Gasteiger partial charge in [0.25, 0.3) is 0 Å². The van der Waals surface area contributed by atoms with Crippen molar-refractivity contribution in [3.05, 3.63) is 42.5 Å². The molecule has 0 aromatic carbocycles. The molecular weight excluding hydrogens is 475 g/mol. The van der Waals surface area contributed by atoms with Crippen LogP contribution in [0.5, 0.6) is 0 Å². The van der Waals surface area contributed by atoms with E-state index >= 15 is 0 Å². The maximum Gasteiger partial charge on any atom is 0.458 e. The van der Waals surface area contributed by atoms with Gasteiger partial charge in [-0.2, -0.15) is 27.1 Å². The van der Waals surface area contributed by atoms with Crippen molar-refractivity contribution in [2.24, 2.45) is 7.05 Å². The SMILES string of the molecule is CCSc1cc(-c2cnn(C3CC3)c2)cnc1-c1nc2cc(C(F)(F)C(F)(F)F)cnc2n1C. The number of alkyl halides is 5. The Hall–Kier alpha value is -3.02. The second kappa shape index (κ2) is 8.03. The van der Waals surface area contributed by atoms with E-state index in [0.29, 0.717) is 23.8 Å². The smallest absolute Gasteiger partial charge is 0.310 e. The fourth-order valence-corrected chi connectivity index (χ4v) is 4.49. The van der Waals surface area contributed by atoms with Gasteiger partial charge in [-0.05, 0) is 30.7 Å². The fraction of sp³-hybridized carbons (Fsp3) is 0.364. The number of aryl methyl sites for hydroxylation is 1. The number of rotatable bonds is 6. The Morgan fingerprint density at radius 2 is 1.79 bits per heavy atom. The topological polar surface area (TPSA) is 61.4 Å². The molecule has 0 amide bonds. The van der Waals surface area contributed by atoms with Crippen LogP contribution in [0.3, 0.4) is 0 Å². The summed E-state index contributed by atoms with van der Waals surface area (Å²) < 4.78 is 69.6. The van der Waals surface area contributed by atoms with Gasteiger partial charge in [-0.25, -0.2) is 9.97 Å². The van der Waals surface area contributed by atoms with Gasteiger partial charge in [-0.15, -0.1) is 11.8 Å². The van der Waals surface area contributed by atoms with E-state index in [0.717, 1.165) is 40.7 Å². The average Bonchev–Trinajstić information content (AvgIpc) is 3.43. The normalized spacial score (nSPS) is 14.8. The van der Waals surface area contributed by atoms with E-state index < -0.39 is 17.7 Å². The van der Waals surface area contributed by atoms with Crippen molar-refractivity contribution in [1.29, 1.82) is 0 Å². The van der Waals surface area contributed by atoms with E-state index in [1.807, 2.05) is 23.9 Å². The Bertz CT molecular complexity index is 1370. The Balaban J connectivity index is 1.57. The minimum Gasteiger partial charge on any atom is -0.310 e. The highest BCUT2D eigenvalue weighted by atomic mass is 32.2. The second-order valence-corrected chi connectivity index (χ2v) is 9.38. The molecule has 1 fully saturated rings. The predicted molar refractivity (Wildman–Crippen MR) is 118 cm³/mol. The molecule has 1 saturated carbocycles. The first kappa shape index (κ1) is 22.8. The van der Waals surface area contributed by atoms with Crippen molar-refractivity contribution in [3.8, 4) is 22.6 Å². The van der Waals surface area contributed by atoms with Gasteiger partial charge in [0.15, 0.2) is 11.5 Å². The standard InChI is InChI=1S/C22H19F5N6S/c1-3-34-17-6-12(13-9-30-33(11-13)15-4-5-15)8-28-18(17)20-31-16-7-14(10-29-19(16)32(20)2)21(23,24)22(25,26)27/h6-11,15H,3-5H2,1-2H3. The van der Waals surface area contributed by atoms with Gasteiger partial charge in [0.05, 0.1) is 17.8 Å². The van der Waals surface area contributed by atoms with Gasteiger partial charge < -0.3 is 4.57 Å². The fourth-order valence-electron chi connectivity index (χ4n) is 3.68. The highest BCUT2D eigenvalue weighted by Gasteiger charge is 2.59. The number of thioether (sulfide) groups is 1. The van der Waals surface area contributed by atoms with Crippen LogP contribution in [0.1, 0.15) is 31.4 Å². The summed E-state index contributed by atoms with van der Waals surface area (Å²) in [4.78, 5) is 13.6. The zero-order valence-electron chi connectivity index (χ0n) is 18.1. The molecule has 0 bridgehead atoms. The molecule has 4 aromatic rings. The summed E-state index contributed by atoms with van der Waals surface area (Å²) in [5.41, 5.74) is 1.15. The zero-order chi connectivity index (χ0) is 24.3. The second-order valence-electron chi connectivity index (χ2n) is 8.08. The van der Waals surface area contributed by atoms with Gasteiger partial charge in [0, 0.05) is 41.7 Å². The summed E-state index contributed by atoms with van der Waals surface area (Å²) in [5, 5.41) is 4.42. The molecule has 12 heteroatoms. The lowest BCUT2D eigenvalue weighted by molar-refractivity contribution is -0.289. The van der Waals surface area contributed by atoms with Crippen molar-refractivity contribution >= 4 is 22.9 Å². The molecule has 1 aliphatic rings. The lowest BCUT2D eigenvalue weighted by Gasteiger charge is -2.19. The molecule has 0 spiro atoms. The molecule has 34 heavy (non-hydrogen) atoms. The van der Waals surface area contributed by atoms with Gasteiger partial charge in [0.1, 0.15) is 11.2 Å². The quantitative estimate of drug-likeness (QED) is 0.243.